The molecule has 8 nitrogen and oxygen atoms in total. The van der Waals surface area contributed by atoms with Crippen LogP contribution in [-0.2, 0) is 4.79 Å². The summed E-state index contributed by atoms with van der Waals surface area (Å²) >= 11 is 0.201. The van der Waals surface area contributed by atoms with Gasteiger partial charge in [-0.15, -0.1) is 0 Å². The number of rotatable bonds is 8. The Balaban J connectivity index is 1.45. The van der Waals surface area contributed by atoms with E-state index in [4.69, 9.17) is 19.6 Å². The molecule has 0 aromatic heterocycles. The number of thioether (sulfide) groups is 1. The maximum Gasteiger partial charge on any atom is 0.441 e. The first-order valence-corrected chi connectivity index (χ1v) is 12.4. The SMILES string of the molecule is COc1cc(C=C2C(=N)N3N=C(C(F)(F)F)SC3=NC2=O)ccc1OCCOc1cc(C)ccc1C(C)C. The molecule has 0 saturated carbocycles. The van der Waals surface area contributed by atoms with E-state index in [1.807, 2.05) is 19.1 Å². The molecule has 38 heavy (non-hydrogen) atoms. The molecule has 0 aliphatic carbocycles. The number of benzene rings is 2. The number of halogens is 3. The molecule has 2 aromatic carbocycles. The Morgan fingerprint density at radius 1 is 1.08 bits per heavy atom. The smallest absolute Gasteiger partial charge is 0.441 e. The second-order valence-corrected chi connectivity index (χ2v) is 9.68. The first-order chi connectivity index (χ1) is 18.0. The van der Waals surface area contributed by atoms with Gasteiger partial charge in [0.05, 0.1) is 12.7 Å². The molecule has 2 aliphatic heterocycles. The summed E-state index contributed by atoms with van der Waals surface area (Å²) < 4.78 is 56.2. The zero-order chi connectivity index (χ0) is 27.6. The molecule has 0 radical (unpaired) electrons. The molecule has 1 N–H and O–H groups in total. The summed E-state index contributed by atoms with van der Waals surface area (Å²) in [6, 6.07) is 10.9. The van der Waals surface area contributed by atoms with Crippen molar-refractivity contribution < 1.29 is 32.2 Å². The van der Waals surface area contributed by atoms with Crippen molar-refractivity contribution in [3.8, 4) is 17.2 Å². The summed E-state index contributed by atoms with van der Waals surface area (Å²) in [5.74, 6) is 0.593. The van der Waals surface area contributed by atoms with E-state index in [-0.39, 0.29) is 29.1 Å². The van der Waals surface area contributed by atoms with E-state index in [0.717, 1.165) is 16.9 Å². The van der Waals surface area contributed by atoms with Crippen molar-refractivity contribution in [1.82, 2.24) is 5.01 Å². The number of hydrazone groups is 1. The fraction of sp³-hybridized carbons (Fsp3) is 0.308. The summed E-state index contributed by atoms with van der Waals surface area (Å²) in [7, 11) is 1.45. The average molecular weight is 547 g/mol. The van der Waals surface area contributed by atoms with Crippen molar-refractivity contribution >= 4 is 39.8 Å². The lowest BCUT2D eigenvalue weighted by Crippen LogP contribution is -2.35. The first kappa shape index (κ1) is 27.2. The van der Waals surface area contributed by atoms with Crippen molar-refractivity contribution in [2.75, 3.05) is 20.3 Å². The maximum atomic E-state index is 13.0. The minimum absolute atomic E-state index is 0.201. The van der Waals surface area contributed by atoms with Gasteiger partial charge in [-0.2, -0.15) is 28.3 Å². The van der Waals surface area contributed by atoms with Gasteiger partial charge in [-0.05, 0) is 65.6 Å². The van der Waals surface area contributed by atoms with Crippen LogP contribution < -0.4 is 14.2 Å². The van der Waals surface area contributed by atoms with E-state index >= 15 is 0 Å². The van der Waals surface area contributed by atoms with Crippen LogP contribution in [0, 0.1) is 12.3 Å². The van der Waals surface area contributed by atoms with Gasteiger partial charge in [0.15, 0.2) is 17.3 Å². The predicted octanol–water partition coefficient (Wildman–Crippen LogP) is 5.77. The van der Waals surface area contributed by atoms with Crippen molar-refractivity contribution in [2.45, 2.75) is 32.9 Å². The van der Waals surface area contributed by atoms with Gasteiger partial charge in [-0.3, -0.25) is 10.2 Å². The number of aliphatic imine (C=N–C) groups is 1. The number of nitrogens with one attached hydrogen (secondary N) is 1. The summed E-state index contributed by atoms with van der Waals surface area (Å²) in [4.78, 5) is 16.1. The predicted molar refractivity (Wildman–Crippen MR) is 140 cm³/mol. The van der Waals surface area contributed by atoms with Crippen LogP contribution in [0.1, 0.15) is 36.5 Å². The van der Waals surface area contributed by atoms with Crippen LogP contribution in [0.4, 0.5) is 13.2 Å². The zero-order valence-corrected chi connectivity index (χ0v) is 21.9. The highest BCUT2D eigenvalue weighted by atomic mass is 32.2. The second-order valence-electron chi connectivity index (χ2n) is 8.73. The first-order valence-electron chi connectivity index (χ1n) is 11.6. The van der Waals surface area contributed by atoms with Gasteiger partial charge in [0.25, 0.3) is 5.91 Å². The third kappa shape index (κ3) is 5.85. The Morgan fingerprint density at radius 3 is 2.45 bits per heavy atom. The largest absolute Gasteiger partial charge is 0.493 e. The molecule has 0 spiro atoms. The number of ether oxygens (including phenoxy) is 3. The highest BCUT2D eigenvalue weighted by Crippen LogP contribution is 2.36. The van der Waals surface area contributed by atoms with Gasteiger partial charge >= 0.3 is 6.18 Å². The second kappa shape index (κ2) is 10.9. The minimum atomic E-state index is -4.71. The number of aryl methyl sites for hydroxylation is 1. The Kier molecular flexibility index (Phi) is 7.81. The van der Waals surface area contributed by atoms with E-state index < -0.39 is 23.0 Å². The molecular formula is C26H25F3N4O4S. The third-order valence-corrected chi connectivity index (χ3v) is 6.54. The number of fused-ring (bicyclic) bond motifs is 1. The lowest BCUT2D eigenvalue weighted by atomic mass is 10.0. The average Bonchev–Trinajstić information content (AvgIpc) is 3.29. The highest BCUT2D eigenvalue weighted by Gasteiger charge is 2.46. The molecule has 0 atom stereocenters. The molecule has 0 saturated heterocycles. The molecule has 4 rings (SSSR count). The quantitative estimate of drug-likeness (QED) is 0.334. The van der Waals surface area contributed by atoms with Crippen molar-refractivity contribution in [3.63, 3.8) is 0 Å². The molecule has 0 fully saturated rings. The molecule has 0 unspecified atom stereocenters. The van der Waals surface area contributed by atoms with Crippen LogP contribution in [0.5, 0.6) is 17.2 Å². The molecule has 200 valence electrons. The third-order valence-electron chi connectivity index (χ3n) is 5.59. The Morgan fingerprint density at radius 2 is 1.79 bits per heavy atom. The Labute approximate surface area is 221 Å². The van der Waals surface area contributed by atoms with Crippen LogP contribution in [0.3, 0.4) is 0 Å². The summed E-state index contributed by atoms with van der Waals surface area (Å²) in [5, 5.41) is 10.8. The fourth-order valence-corrected chi connectivity index (χ4v) is 4.47. The monoisotopic (exact) mass is 546 g/mol. The van der Waals surface area contributed by atoms with Gasteiger partial charge < -0.3 is 14.2 Å². The van der Waals surface area contributed by atoms with Crippen molar-refractivity contribution in [3.05, 3.63) is 58.7 Å². The van der Waals surface area contributed by atoms with Gasteiger partial charge in [0, 0.05) is 0 Å². The van der Waals surface area contributed by atoms with Crippen LogP contribution in [0.2, 0.25) is 0 Å². The Hall–Kier alpha value is -3.80. The van der Waals surface area contributed by atoms with E-state index in [1.165, 1.54) is 13.2 Å². The van der Waals surface area contributed by atoms with Crippen LogP contribution in [0.15, 0.2) is 52.1 Å². The number of methoxy groups -OCH3 is 1. The van der Waals surface area contributed by atoms with Gasteiger partial charge in [-0.1, -0.05) is 32.0 Å². The summed E-state index contributed by atoms with van der Waals surface area (Å²) in [6.45, 7) is 6.74. The van der Waals surface area contributed by atoms with Gasteiger partial charge in [-0.25, -0.2) is 0 Å². The normalized spacial score (nSPS) is 16.5. The number of hydrogen-bond acceptors (Lipinski definition) is 7. The number of amides is 1. The van der Waals surface area contributed by atoms with Gasteiger partial charge in [0.2, 0.25) is 10.2 Å². The van der Waals surface area contributed by atoms with Crippen molar-refractivity contribution in [1.29, 1.82) is 5.41 Å². The highest BCUT2D eigenvalue weighted by molar-refractivity contribution is 8.27. The summed E-state index contributed by atoms with van der Waals surface area (Å²) in [6.07, 6.45) is -3.36. The van der Waals surface area contributed by atoms with Crippen molar-refractivity contribution in [2.24, 2.45) is 10.1 Å². The van der Waals surface area contributed by atoms with Crippen LogP contribution in [-0.4, -0.2) is 53.5 Å². The van der Waals surface area contributed by atoms with Gasteiger partial charge in [0.1, 0.15) is 19.0 Å². The number of hydrogen-bond donors (Lipinski definition) is 1. The number of alkyl halides is 3. The lowest BCUT2D eigenvalue weighted by Gasteiger charge is -2.20. The molecule has 0 bridgehead atoms. The molecule has 2 aromatic rings. The van der Waals surface area contributed by atoms with Crippen LogP contribution >= 0.6 is 11.8 Å². The fourth-order valence-electron chi connectivity index (χ4n) is 3.71. The lowest BCUT2D eigenvalue weighted by molar-refractivity contribution is -0.114. The van der Waals surface area contributed by atoms with E-state index in [2.05, 4.69) is 30.0 Å². The standard InChI is InChI=1S/C26H25F3N4O4S/c1-14(2)17-7-5-15(3)11-20(17)37-10-9-36-19-8-6-16(13-21(19)35-4)12-18-22(30)33-25(31-23(18)34)38-24(32-33)26(27,28)29/h5-8,11-14,30H,9-10H2,1-4H3. The van der Waals surface area contributed by atoms with Crippen LogP contribution in [0.25, 0.3) is 6.08 Å². The minimum Gasteiger partial charge on any atom is -0.493 e. The number of carbonyl (C=O) groups excluding carboxylic acids is 1. The van der Waals surface area contributed by atoms with E-state index in [9.17, 15) is 18.0 Å². The number of amidine groups is 2. The maximum absolute atomic E-state index is 13.0. The number of nitrogens with zero attached hydrogens (tertiary/aromatic N) is 3. The zero-order valence-electron chi connectivity index (χ0n) is 21.0. The topological polar surface area (TPSA) is 96.6 Å². The molecule has 12 heteroatoms. The van der Waals surface area contributed by atoms with E-state index in [1.54, 1.807) is 18.2 Å². The Bertz CT molecular complexity index is 1370. The molecule has 1 amide bonds. The summed E-state index contributed by atoms with van der Waals surface area (Å²) in [5.41, 5.74) is 2.46. The molecule has 2 aliphatic rings. The molecule has 2 heterocycles. The number of carbonyl (C=O) groups is 1. The van der Waals surface area contributed by atoms with E-state index in [0.29, 0.717) is 34.6 Å². The molecular weight excluding hydrogens is 521 g/mol.